The second-order valence-electron chi connectivity index (χ2n) is 7.14. The standard InChI is InChI=1S/C20H31FN2O3S2/c1-2-3-4-5-6-7-12-22-20(24)19-16-27-13-14-28(25,26)23(19)15-17-8-10-18(21)11-9-17/h8-11,19H,2-7,12-16H2,1H3,(H,22,24). The first-order valence-electron chi connectivity index (χ1n) is 10.0. The summed E-state index contributed by atoms with van der Waals surface area (Å²) in [5.41, 5.74) is 0.672. The van der Waals surface area contributed by atoms with Crippen LogP contribution in [0.3, 0.4) is 0 Å². The molecule has 8 heteroatoms. The van der Waals surface area contributed by atoms with Crippen LogP contribution in [0.15, 0.2) is 24.3 Å². The summed E-state index contributed by atoms with van der Waals surface area (Å²) in [6.45, 7) is 2.82. The van der Waals surface area contributed by atoms with Crippen LogP contribution in [-0.2, 0) is 21.4 Å². The van der Waals surface area contributed by atoms with Crippen LogP contribution >= 0.6 is 11.8 Å². The fourth-order valence-corrected chi connectivity index (χ4v) is 6.44. The molecule has 1 fully saturated rings. The molecule has 1 aromatic carbocycles. The van der Waals surface area contributed by atoms with E-state index in [9.17, 15) is 17.6 Å². The Bertz CT molecular complexity index is 711. The van der Waals surface area contributed by atoms with Crippen molar-refractivity contribution in [1.82, 2.24) is 9.62 Å². The van der Waals surface area contributed by atoms with Crippen molar-refractivity contribution in [2.45, 2.75) is 58.0 Å². The lowest BCUT2D eigenvalue weighted by molar-refractivity contribution is -0.124. The zero-order valence-electron chi connectivity index (χ0n) is 16.5. The minimum absolute atomic E-state index is 0.0140. The number of nitrogens with zero attached hydrogens (tertiary/aromatic N) is 1. The van der Waals surface area contributed by atoms with Gasteiger partial charge in [-0.3, -0.25) is 4.79 Å². The van der Waals surface area contributed by atoms with Crippen LogP contribution in [-0.4, -0.2) is 48.5 Å². The number of halogens is 1. The summed E-state index contributed by atoms with van der Waals surface area (Å²) in [6, 6.07) is 5.01. The SMILES string of the molecule is CCCCCCCCNC(=O)C1CSCCS(=O)(=O)N1Cc1ccc(F)cc1. The zero-order valence-corrected chi connectivity index (χ0v) is 18.2. The van der Waals surface area contributed by atoms with Crippen molar-refractivity contribution in [2.24, 2.45) is 0 Å². The number of unbranched alkanes of at least 4 members (excludes halogenated alkanes) is 5. The van der Waals surface area contributed by atoms with E-state index in [0.29, 0.717) is 23.6 Å². The third kappa shape index (κ3) is 7.37. The lowest BCUT2D eigenvalue weighted by atomic mass is 10.1. The topological polar surface area (TPSA) is 66.5 Å². The number of carbonyl (C=O) groups is 1. The van der Waals surface area contributed by atoms with Gasteiger partial charge in [0.05, 0.1) is 5.75 Å². The maximum Gasteiger partial charge on any atom is 0.239 e. The van der Waals surface area contributed by atoms with Crippen molar-refractivity contribution in [1.29, 1.82) is 0 Å². The van der Waals surface area contributed by atoms with Gasteiger partial charge in [-0.2, -0.15) is 16.1 Å². The van der Waals surface area contributed by atoms with Crippen LogP contribution in [0.1, 0.15) is 51.0 Å². The van der Waals surface area contributed by atoms with Gasteiger partial charge < -0.3 is 5.32 Å². The number of amides is 1. The van der Waals surface area contributed by atoms with Crippen molar-refractivity contribution in [2.75, 3.05) is 23.8 Å². The molecule has 0 saturated carbocycles. The van der Waals surface area contributed by atoms with E-state index in [1.54, 1.807) is 12.1 Å². The van der Waals surface area contributed by atoms with Crippen molar-refractivity contribution in [3.05, 3.63) is 35.6 Å². The first kappa shape index (κ1) is 23.2. The molecule has 1 saturated heterocycles. The molecule has 1 atom stereocenters. The Morgan fingerprint density at radius 1 is 1.18 bits per heavy atom. The van der Waals surface area contributed by atoms with Crippen LogP contribution in [0.5, 0.6) is 0 Å². The smallest absolute Gasteiger partial charge is 0.239 e. The highest BCUT2D eigenvalue weighted by Gasteiger charge is 2.36. The normalized spacial score (nSPS) is 19.9. The van der Waals surface area contributed by atoms with Crippen molar-refractivity contribution in [3.63, 3.8) is 0 Å². The average molecular weight is 431 g/mol. The van der Waals surface area contributed by atoms with Gasteiger partial charge in [-0.05, 0) is 24.1 Å². The summed E-state index contributed by atoms with van der Waals surface area (Å²) < 4.78 is 39.9. The van der Waals surface area contributed by atoms with E-state index in [-0.39, 0.29) is 24.0 Å². The summed E-state index contributed by atoms with van der Waals surface area (Å²) in [4.78, 5) is 12.7. The molecule has 1 aliphatic heterocycles. The Morgan fingerprint density at radius 2 is 1.86 bits per heavy atom. The lowest BCUT2D eigenvalue weighted by Gasteiger charge is -2.27. The van der Waals surface area contributed by atoms with Gasteiger partial charge in [0, 0.05) is 24.6 Å². The second-order valence-corrected chi connectivity index (χ2v) is 10.3. The van der Waals surface area contributed by atoms with Crippen LogP contribution in [0.2, 0.25) is 0 Å². The highest BCUT2D eigenvalue weighted by atomic mass is 32.2. The van der Waals surface area contributed by atoms with E-state index in [0.717, 1.165) is 19.3 Å². The van der Waals surface area contributed by atoms with E-state index in [1.807, 2.05) is 0 Å². The minimum Gasteiger partial charge on any atom is -0.355 e. The zero-order chi connectivity index (χ0) is 20.4. The van der Waals surface area contributed by atoms with E-state index in [2.05, 4.69) is 12.2 Å². The molecule has 1 aromatic rings. The average Bonchev–Trinajstić information content (AvgIpc) is 2.81. The molecule has 1 aliphatic rings. The summed E-state index contributed by atoms with van der Waals surface area (Å²) in [7, 11) is -3.55. The molecular weight excluding hydrogens is 399 g/mol. The number of carbonyl (C=O) groups excluding carboxylic acids is 1. The molecule has 158 valence electrons. The molecule has 2 rings (SSSR count). The number of benzene rings is 1. The molecule has 0 aromatic heterocycles. The van der Waals surface area contributed by atoms with Gasteiger partial charge in [-0.15, -0.1) is 0 Å². The Morgan fingerprint density at radius 3 is 2.57 bits per heavy atom. The molecule has 0 aliphatic carbocycles. The second kappa shape index (κ2) is 11.8. The summed E-state index contributed by atoms with van der Waals surface area (Å²) in [5, 5.41) is 2.92. The van der Waals surface area contributed by atoms with E-state index in [1.165, 1.54) is 47.5 Å². The fourth-order valence-electron chi connectivity index (χ4n) is 3.17. The van der Waals surface area contributed by atoms with Gasteiger partial charge in [-0.1, -0.05) is 51.2 Å². The predicted octanol–water partition coefficient (Wildman–Crippen LogP) is 3.55. The quantitative estimate of drug-likeness (QED) is 0.577. The van der Waals surface area contributed by atoms with Gasteiger partial charge in [0.1, 0.15) is 11.9 Å². The number of sulfonamides is 1. The lowest BCUT2D eigenvalue weighted by Crippen LogP contribution is -2.50. The highest BCUT2D eigenvalue weighted by molar-refractivity contribution is 8.00. The Balaban J connectivity index is 1.97. The fraction of sp³-hybridized carbons (Fsp3) is 0.650. The van der Waals surface area contributed by atoms with Crippen LogP contribution in [0, 0.1) is 5.82 Å². The number of hydrogen-bond acceptors (Lipinski definition) is 4. The number of nitrogens with one attached hydrogen (secondary N) is 1. The molecule has 1 heterocycles. The van der Waals surface area contributed by atoms with Crippen LogP contribution in [0.25, 0.3) is 0 Å². The molecule has 1 unspecified atom stereocenters. The van der Waals surface area contributed by atoms with E-state index in [4.69, 9.17) is 0 Å². The van der Waals surface area contributed by atoms with Crippen LogP contribution in [0.4, 0.5) is 4.39 Å². The highest BCUT2D eigenvalue weighted by Crippen LogP contribution is 2.22. The van der Waals surface area contributed by atoms with Crippen molar-refractivity contribution < 1.29 is 17.6 Å². The first-order chi connectivity index (χ1) is 13.4. The number of thioether (sulfide) groups is 1. The maximum atomic E-state index is 13.2. The van der Waals surface area contributed by atoms with Gasteiger partial charge >= 0.3 is 0 Å². The molecule has 1 amide bonds. The number of hydrogen-bond donors (Lipinski definition) is 1. The molecule has 1 N–H and O–H groups in total. The predicted molar refractivity (Wildman–Crippen MR) is 113 cm³/mol. The Kier molecular flexibility index (Phi) is 9.74. The first-order valence-corrected chi connectivity index (χ1v) is 12.8. The van der Waals surface area contributed by atoms with Gasteiger partial charge in [-0.25, -0.2) is 12.8 Å². The van der Waals surface area contributed by atoms with E-state index >= 15 is 0 Å². The van der Waals surface area contributed by atoms with Gasteiger partial charge in [0.15, 0.2) is 0 Å². The third-order valence-electron chi connectivity index (χ3n) is 4.85. The van der Waals surface area contributed by atoms with E-state index < -0.39 is 16.1 Å². The van der Waals surface area contributed by atoms with Gasteiger partial charge in [0.25, 0.3) is 0 Å². The maximum absolute atomic E-state index is 13.2. The molecule has 28 heavy (non-hydrogen) atoms. The summed E-state index contributed by atoms with van der Waals surface area (Å²) >= 11 is 1.48. The molecule has 0 spiro atoms. The molecule has 5 nitrogen and oxygen atoms in total. The molecule has 0 bridgehead atoms. The van der Waals surface area contributed by atoms with Gasteiger partial charge in [0.2, 0.25) is 15.9 Å². The summed E-state index contributed by atoms with van der Waals surface area (Å²) in [6.07, 6.45) is 6.79. The van der Waals surface area contributed by atoms with Crippen molar-refractivity contribution >= 4 is 27.7 Å². The largest absolute Gasteiger partial charge is 0.355 e. The summed E-state index contributed by atoms with van der Waals surface area (Å²) in [5.74, 6) is 0.312. The number of rotatable bonds is 10. The van der Waals surface area contributed by atoms with Crippen molar-refractivity contribution in [3.8, 4) is 0 Å². The Labute approximate surface area is 172 Å². The minimum atomic E-state index is -3.55. The Hall–Kier alpha value is -1.12. The molecule has 0 radical (unpaired) electrons. The third-order valence-corrected chi connectivity index (χ3v) is 7.97. The molecular formula is C20H31FN2O3S2. The monoisotopic (exact) mass is 430 g/mol. The van der Waals surface area contributed by atoms with Crippen LogP contribution < -0.4 is 5.32 Å².